The molecule has 0 unspecified atom stereocenters. The van der Waals surface area contributed by atoms with Gasteiger partial charge in [0.25, 0.3) is 0 Å². The molecule has 0 spiro atoms. The van der Waals surface area contributed by atoms with Gasteiger partial charge in [-0.2, -0.15) is 0 Å². The normalized spacial score (nSPS) is 16.0. The minimum absolute atomic E-state index is 0.226. The summed E-state index contributed by atoms with van der Waals surface area (Å²) in [6, 6.07) is 40.3. The van der Waals surface area contributed by atoms with Gasteiger partial charge < -0.3 is 14.2 Å². The number of carbonyl (C=O) groups is 2. The number of benzene rings is 4. The minimum atomic E-state index is -0.822. The number of ether oxygens (including phenoxy) is 1. The van der Waals surface area contributed by atoms with Crippen molar-refractivity contribution in [2.24, 2.45) is 0 Å². The lowest BCUT2D eigenvalue weighted by Crippen LogP contribution is -2.51. The van der Waals surface area contributed by atoms with Crippen molar-refractivity contribution in [3.63, 3.8) is 0 Å². The van der Waals surface area contributed by atoms with Crippen LogP contribution in [0.25, 0.3) is 11.6 Å². The standard InChI is InChI=1S/C46H42ClN5O3/c1-45(2,3)55-44(54)51-26-24-50(25-27-51)42-37-22-21-36(47)29-38(37)39(28-32-14-13-23-48-41(32)42)43(53)40-30-52(31-49-40)46(33-15-7-4-8-16-33,34-17-9-5-10-18-34)35-19-11-6-12-20-35/h4-23,28-31,42H,24-27H2,1-3H3/t42-/m0/s1. The molecule has 1 fully saturated rings. The molecule has 55 heavy (non-hydrogen) atoms. The number of amides is 1. The van der Waals surface area contributed by atoms with Gasteiger partial charge in [-0.15, -0.1) is 0 Å². The lowest BCUT2D eigenvalue weighted by Gasteiger charge is -2.40. The van der Waals surface area contributed by atoms with E-state index in [2.05, 4.69) is 45.9 Å². The Balaban J connectivity index is 1.21. The van der Waals surface area contributed by atoms with Crippen LogP contribution in [0.15, 0.2) is 140 Å². The van der Waals surface area contributed by atoms with E-state index in [1.54, 1.807) is 17.4 Å². The number of rotatable bonds is 7. The number of carbonyl (C=O) groups excluding carboxylic acids is 2. The molecular formula is C46H42ClN5O3. The highest BCUT2D eigenvalue weighted by molar-refractivity contribution is 6.34. The predicted octanol–water partition coefficient (Wildman–Crippen LogP) is 9.15. The molecule has 8 rings (SSSR count). The summed E-state index contributed by atoms with van der Waals surface area (Å²) < 4.78 is 7.73. The zero-order valence-corrected chi connectivity index (χ0v) is 31.9. The van der Waals surface area contributed by atoms with Crippen LogP contribution < -0.4 is 0 Å². The molecule has 1 amide bonds. The van der Waals surface area contributed by atoms with Crippen LogP contribution >= 0.6 is 11.6 Å². The highest BCUT2D eigenvalue weighted by Crippen LogP contribution is 2.43. The van der Waals surface area contributed by atoms with Gasteiger partial charge in [0.2, 0.25) is 5.78 Å². The van der Waals surface area contributed by atoms with Gasteiger partial charge in [-0.05, 0) is 78.4 Å². The van der Waals surface area contributed by atoms with E-state index >= 15 is 4.79 Å². The topological polar surface area (TPSA) is 80.6 Å². The Labute approximate surface area is 326 Å². The van der Waals surface area contributed by atoms with E-state index < -0.39 is 11.1 Å². The van der Waals surface area contributed by atoms with E-state index in [1.165, 1.54) is 0 Å². The summed E-state index contributed by atoms with van der Waals surface area (Å²) in [7, 11) is 0. The van der Waals surface area contributed by atoms with Gasteiger partial charge >= 0.3 is 6.09 Å². The zero-order chi connectivity index (χ0) is 38.2. The molecule has 0 bridgehead atoms. The van der Waals surface area contributed by atoms with Crippen LogP contribution in [0.2, 0.25) is 5.02 Å². The summed E-state index contributed by atoms with van der Waals surface area (Å²) in [5.74, 6) is -0.226. The molecule has 3 heterocycles. The molecule has 0 N–H and O–H groups in total. The van der Waals surface area contributed by atoms with Crippen LogP contribution in [0.3, 0.4) is 0 Å². The van der Waals surface area contributed by atoms with Gasteiger partial charge in [0, 0.05) is 49.2 Å². The van der Waals surface area contributed by atoms with Gasteiger partial charge in [-0.25, -0.2) is 9.78 Å². The lowest BCUT2D eigenvalue weighted by molar-refractivity contribution is 0.0118. The SMILES string of the molecule is CC(C)(C)OC(=O)N1CCN([C@H]2c3ccc(Cl)cc3C(C(=O)c3cn(C(c4ccccc4)(c4ccccc4)c4ccccc4)cn3)=Cc3cccnc32)CC1. The first-order chi connectivity index (χ1) is 26.6. The van der Waals surface area contributed by atoms with Crippen molar-refractivity contribution >= 4 is 35.1 Å². The number of imidazole rings is 1. The first-order valence-corrected chi connectivity index (χ1v) is 19.0. The zero-order valence-electron chi connectivity index (χ0n) is 31.1. The molecule has 8 nitrogen and oxygen atoms in total. The summed E-state index contributed by atoms with van der Waals surface area (Å²) in [6.45, 7) is 7.81. The van der Waals surface area contributed by atoms with E-state index in [9.17, 15) is 4.79 Å². The second kappa shape index (κ2) is 14.8. The third-order valence-corrected chi connectivity index (χ3v) is 10.6. The van der Waals surface area contributed by atoms with Crippen LogP contribution in [0.1, 0.15) is 76.4 Å². The Kier molecular flexibility index (Phi) is 9.71. The maximum atomic E-state index is 15.0. The highest BCUT2D eigenvalue weighted by atomic mass is 35.5. The summed E-state index contributed by atoms with van der Waals surface area (Å²) in [6.07, 6.45) is 7.02. The maximum Gasteiger partial charge on any atom is 0.410 e. The molecule has 276 valence electrons. The third-order valence-electron chi connectivity index (χ3n) is 10.4. The van der Waals surface area contributed by atoms with E-state index in [-0.39, 0.29) is 17.9 Å². The predicted molar refractivity (Wildman–Crippen MR) is 216 cm³/mol. The van der Waals surface area contributed by atoms with Crippen molar-refractivity contribution in [1.29, 1.82) is 0 Å². The number of halogens is 1. The van der Waals surface area contributed by atoms with Crippen molar-refractivity contribution in [2.45, 2.75) is 38.0 Å². The maximum absolute atomic E-state index is 15.0. The Morgan fingerprint density at radius 1 is 0.745 bits per heavy atom. The quantitative estimate of drug-likeness (QED) is 0.120. The van der Waals surface area contributed by atoms with Crippen molar-refractivity contribution in [3.05, 3.63) is 190 Å². The summed E-state index contributed by atoms with van der Waals surface area (Å²) >= 11 is 6.72. The molecule has 2 aliphatic rings. The molecule has 1 saturated heterocycles. The first kappa shape index (κ1) is 36.2. The van der Waals surface area contributed by atoms with Gasteiger partial charge in [0.15, 0.2) is 0 Å². The number of piperazine rings is 1. The number of ketones is 1. The number of hydrogen-bond acceptors (Lipinski definition) is 6. The molecule has 1 aliphatic heterocycles. The second-order valence-corrected chi connectivity index (χ2v) is 15.4. The molecule has 4 aromatic carbocycles. The Morgan fingerprint density at radius 3 is 1.93 bits per heavy atom. The number of pyridine rings is 1. The number of aromatic nitrogens is 3. The minimum Gasteiger partial charge on any atom is -0.444 e. The lowest BCUT2D eigenvalue weighted by atomic mass is 9.77. The largest absolute Gasteiger partial charge is 0.444 e. The number of fused-ring (bicyclic) bond motifs is 2. The summed E-state index contributed by atoms with van der Waals surface area (Å²) in [4.78, 5) is 41.8. The van der Waals surface area contributed by atoms with Gasteiger partial charge in [0.1, 0.15) is 16.8 Å². The summed E-state index contributed by atoms with van der Waals surface area (Å²) in [5, 5.41) is 0.520. The average molecular weight is 748 g/mol. The molecule has 2 aromatic heterocycles. The van der Waals surface area contributed by atoms with E-state index in [4.69, 9.17) is 26.3 Å². The first-order valence-electron chi connectivity index (χ1n) is 18.6. The van der Waals surface area contributed by atoms with E-state index in [0.29, 0.717) is 42.5 Å². The molecule has 6 aromatic rings. The molecular weight excluding hydrogens is 706 g/mol. The van der Waals surface area contributed by atoms with Crippen LogP contribution in [0.4, 0.5) is 4.79 Å². The van der Waals surface area contributed by atoms with E-state index in [1.807, 2.05) is 118 Å². The molecule has 1 atom stereocenters. The number of nitrogens with zero attached hydrogens (tertiary/aromatic N) is 5. The number of allylic oxidation sites excluding steroid dienone is 1. The molecule has 1 aliphatic carbocycles. The Bertz CT molecular complexity index is 2270. The summed E-state index contributed by atoms with van der Waals surface area (Å²) in [5.41, 5.74) is 5.80. The van der Waals surface area contributed by atoms with Gasteiger partial charge in [0.05, 0.1) is 18.1 Å². The average Bonchev–Trinajstić information content (AvgIpc) is 3.64. The van der Waals surface area contributed by atoms with Crippen LogP contribution in [0, 0.1) is 0 Å². The van der Waals surface area contributed by atoms with Crippen molar-refractivity contribution in [2.75, 3.05) is 26.2 Å². The molecule has 0 radical (unpaired) electrons. The third kappa shape index (κ3) is 6.88. The molecule has 0 saturated carbocycles. The Hall–Kier alpha value is -5.83. The number of hydrogen-bond donors (Lipinski definition) is 0. The smallest absolute Gasteiger partial charge is 0.410 e. The Morgan fingerprint density at radius 2 is 1.35 bits per heavy atom. The van der Waals surface area contributed by atoms with Crippen molar-refractivity contribution in [3.8, 4) is 0 Å². The van der Waals surface area contributed by atoms with Crippen LogP contribution in [0.5, 0.6) is 0 Å². The highest BCUT2D eigenvalue weighted by Gasteiger charge is 2.40. The van der Waals surface area contributed by atoms with Gasteiger partial charge in [-0.1, -0.05) is 115 Å². The van der Waals surface area contributed by atoms with Gasteiger partial charge in [-0.3, -0.25) is 14.7 Å². The molecule has 9 heteroatoms. The van der Waals surface area contributed by atoms with Crippen molar-refractivity contribution < 1.29 is 14.3 Å². The van der Waals surface area contributed by atoms with Crippen LogP contribution in [-0.4, -0.2) is 68.0 Å². The van der Waals surface area contributed by atoms with Crippen LogP contribution in [-0.2, 0) is 10.3 Å². The van der Waals surface area contributed by atoms with Crippen molar-refractivity contribution in [1.82, 2.24) is 24.3 Å². The fourth-order valence-corrected chi connectivity index (χ4v) is 8.13. The fraction of sp³-hybridized carbons (Fsp3) is 0.217. The monoisotopic (exact) mass is 747 g/mol. The number of Topliss-reactive ketones (excluding diaryl/α,β-unsaturated/α-hetero) is 1. The van der Waals surface area contributed by atoms with E-state index in [0.717, 1.165) is 39.1 Å². The second-order valence-electron chi connectivity index (χ2n) is 15.0. The fourth-order valence-electron chi connectivity index (χ4n) is 7.95.